The fourth-order valence-electron chi connectivity index (χ4n) is 1.66. The summed E-state index contributed by atoms with van der Waals surface area (Å²) in [5.74, 6) is -0.366. The van der Waals surface area contributed by atoms with Crippen LogP contribution in [0.1, 0.15) is 23.0 Å². The molecule has 0 fully saturated rings. The van der Waals surface area contributed by atoms with E-state index < -0.39 is 0 Å². The van der Waals surface area contributed by atoms with Crippen LogP contribution in [-0.2, 0) is 11.3 Å². The van der Waals surface area contributed by atoms with Crippen LogP contribution in [0.15, 0.2) is 36.5 Å². The first-order valence-electron chi connectivity index (χ1n) is 6.27. The normalized spacial score (nSPS) is 10.1. The lowest BCUT2D eigenvalue weighted by Gasteiger charge is -2.10. The van der Waals surface area contributed by atoms with Gasteiger partial charge in [-0.3, -0.25) is 0 Å². The number of nitrogen functional groups attached to an aromatic ring is 1. The average Bonchev–Trinajstić information content (AvgIpc) is 2.47. The van der Waals surface area contributed by atoms with E-state index in [1.165, 1.54) is 0 Å². The topological polar surface area (TPSA) is 90.1 Å². The number of nitrogens with two attached hydrogens (primary N) is 1. The van der Waals surface area contributed by atoms with Crippen molar-refractivity contribution >= 4 is 17.3 Å². The summed E-state index contributed by atoms with van der Waals surface area (Å²) < 4.78 is 4.96. The Kier molecular flexibility index (Phi) is 4.49. The number of nitrogens with zero attached hydrogens (tertiary/aromatic N) is 2. The van der Waals surface area contributed by atoms with Gasteiger partial charge in [0.1, 0.15) is 0 Å². The molecule has 104 valence electrons. The molecule has 6 heteroatoms. The Balaban J connectivity index is 2.10. The molecular formula is C14H16N4O2. The monoisotopic (exact) mass is 272 g/mol. The predicted molar refractivity (Wildman–Crippen MR) is 76.2 cm³/mol. The predicted octanol–water partition coefficient (Wildman–Crippen LogP) is 1.85. The van der Waals surface area contributed by atoms with Crippen molar-refractivity contribution in [3.63, 3.8) is 0 Å². The maximum Gasteiger partial charge on any atom is 0.338 e. The number of esters is 1. The molecule has 0 aliphatic rings. The van der Waals surface area contributed by atoms with Gasteiger partial charge in [-0.15, -0.1) is 0 Å². The van der Waals surface area contributed by atoms with E-state index in [2.05, 4.69) is 15.5 Å². The number of ether oxygens (including phenoxy) is 1. The van der Waals surface area contributed by atoms with Gasteiger partial charge in [0.15, 0.2) is 0 Å². The molecule has 0 saturated heterocycles. The van der Waals surface area contributed by atoms with Crippen LogP contribution in [0.3, 0.4) is 0 Å². The highest BCUT2D eigenvalue weighted by Crippen LogP contribution is 2.21. The van der Waals surface area contributed by atoms with Crippen LogP contribution in [0.5, 0.6) is 0 Å². The fourth-order valence-corrected chi connectivity index (χ4v) is 1.66. The van der Waals surface area contributed by atoms with Gasteiger partial charge in [-0.05, 0) is 37.3 Å². The molecule has 6 nitrogen and oxygen atoms in total. The summed E-state index contributed by atoms with van der Waals surface area (Å²) in [4.78, 5) is 11.7. The van der Waals surface area contributed by atoms with Crippen LogP contribution in [0.25, 0.3) is 0 Å². The second-order valence-electron chi connectivity index (χ2n) is 4.09. The zero-order valence-electron chi connectivity index (χ0n) is 11.2. The van der Waals surface area contributed by atoms with E-state index in [9.17, 15) is 4.79 Å². The molecule has 20 heavy (non-hydrogen) atoms. The van der Waals surface area contributed by atoms with E-state index in [-0.39, 0.29) is 5.97 Å². The summed E-state index contributed by atoms with van der Waals surface area (Å²) in [5, 5.41) is 10.9. The van der Waals surface area contributed by atoms with E-state index >= 15 is 0 Å². The SMILES string of the molecule is CCOC(=O)c1ccc(N)c(NCc2cccnn2)c1. The summed E-state index contributed by atoms with van der Waals surface area (Å²) in [6.07, 6.45) is 1.61. The highest BCUT2D eigenvalue weighted by molar-refractivity contribution is 5.92. The minimum Gasteiger partial charge on any atom is -0.462 e. The smallest absolute Gasteiger partial charge is 0.338 e. The molecule has 1 aromatic carbocycles. The number of anilines is 2. The molecule has 1 aromatic heterocycles. The van der Waals surface area contributed by atoms with Gasteiger partial charge in [0.25, 0.3) is 0 Å². The van der Waals surface area contributed by atoms with E-state index in [1.807, 2.05) is 12.1 Å². The summed E-state index contributed by atoms with van der Waals surface area (Å²) in [7, 11) is 0. The molecular weight excluding hydrogens is 256 g/mol. The standard InChI is InChI=1S/C14H16N4O2/c1-2-20-14(19)10-5-6-12(15)13(8-10)16-9-11-4-3-7-17-18-11/h3-8,16H,2,9,15H2,1H3. The third-order valence-corrected chi connectivity index (χ3v) is 2.65. The number of nitrogens with one attached hydrogen (secondary N) is 1. The van der Waals surface area contributed by atoms with Crippen molar-refractivity contribution in [3.05, 3.63) is 47.8 Å². The molecule has 2 rings (SSSR count). The van der Waals surface area contributed by atoms with Gasteiger partial charge in [-0.25, -0.2) is 4.79 Å². The highest BCUT2D eigenvalue weighted by Gasteiger charge is 2.09. The lowest BCUT2D eigenvalue weighted by molar-refractivity contribution is 0.0526. The Morgan fingerprint density at radius 1 is 1.40 bits per heavy atom. The van der Waals surface area contributed by atoms with Crippen LogP contribution in [0.2, 0.25) is 0 Å². The molecule has 0 amide bonds. The van der Waals surface area contributed by atoms with Crippen molar-refractivity contribution in [1.29, 1.82) is 0 Å². The number of hydrogen-bond acceptors (Lipinski definition) is 6. The molecule has 0 saturated carbocycles. The Hall–Kier alpha value is -2.63. The number of aromatic nitrogens is 2. The lowest BCUT2D eigenvalue weighted by Crippen LogP contribution is -2.08. The average molecular weight is 272 g/mol. The number of carbonyl (C=O) groups excluding carboxylic acids is 1. The van der Waals surface area contributed by atoms with Crippen LogP contribution in [0, 0.1) is 0 Å². The molecule has 0 aliphatic carbocycles. The summed E-state index contributed by atoms with van der Waals surface area (Å²) >= 11 is 0. The van der Waals surface area contributed by atoms with Crippen molar-refractivity contribution in [2.75, 3.05) is 17.7 Å². The fraction of sp³-hybridized carbons (Fsp3) is 0.214. The molecule has 0 aliphatic heterocycles. The Bertz CT molecular complexity index is 587. The minimum absolute atomic E-state index is 0.339. The molecule has 0 spiro atoms. The Morgan fingerprint density at radius 3 is 2.95 bits per heavy atom. The van der Waals surface area contributed by atoms with E-state index in [0.29, 0.717) is 30.1 Å². The molecule has 1 heterocycles. The first-order chi connectivity index (χ1) is 9.70. The number of hydrogen-bond donors (Lipinski definition) is 2. The first-order valence-corrected chi connectivity index (χ1v) is 6.27. The van der Waals surface area contributed by atoms with Gasteiger partial charge in [0.05, 0.1) is 35.8 Å². The summed E-state index contributed by atoms with van der Waals surface area (Å²) in [5.41, 5.74) is 8.35. The zero-order chi connectivity index (χ0) is 14.4. The highest BCUT2D eigenvalue weighted by atomic mass is 16.5. The van der Waals surface area contributed by atoms with Crippen molar-refractivity contribution < 1.29 is 9.53 Å². The Morgan fingerprint density at radius 2 is 2.25 bits per heavy atom. The first kappa shape index (κ1) is 13.8. The number of benzene rings is 1. The second kappa shape index (κ2) is 6.51. The lowest BCUT2D eigenvalue weighted by atomic mass is 10.1. The van der Waals surface area contributed by atoms with Gasteiger partial charge in [-0.1, -0.05) is 0 Å². The molecule has 0 radical (unpaired) electrons. The van der Waals surface area contributed by atoms with Gasteiger partial charge in [-0.2, -0.15) is 10.2 Å². The maximum atomic E-state index is 11.7. The third kappa shape index (κ3) is 3.44. The van der Waals surface area contributed by atoms with E-state index in [4.69, 9.17) is 10.5 Å². The molecule has 2 aromatic rings. The zero-order valence-corrected chi connectivity index (χ0v) is 11.2. The van der Waals surface area contributed by atoms with Gasteiger partial charge in [0.2, 0.25) is 0 Å². The molecule has 0 bridgehead atoms. The molecule has 0 unspecified atom stereocenters. The van der Waals surface area contributed by atoms with Gasteiger partial charge < -0.3 is 15.8 Å². The molecule has 3 N–H and O–H groups in total. The van der Waals surface area contributed by atoms with Crippen LogP contribution in [0.4, 0.5) is 11.4 Å². The van der Waals surface area contributed by atoms with Gasteiger partial charge >= 0.3 is 5.97 Å². The Labute approximate surface area is 117 Å². The largest absolute Gasteiger partial charge is 0.462 e. The second-order valence-corrected chi connectivity index (χ2v) is 4.09. The van der Waals surface area contributed by atoms with Crippen molar-refractivity contribution in [3.8, 4) is 0 Å². The quantitative estimate of drug-likeness (QED) is 0.637. The van der Waals surface area contributed by atoms with Crippen molar-refractivity contribution in [1.82, 2.24) is 10.2 Å². The van der Waals surface area contributed by atoms with Crippen LogP contribution in [-0.4, -0.2) is 22.8 Å². The number of carbonyl (C=O) groups is 1. The third-order valence-electron chi connectivity index (χ3n) is 2.65. The molecule has 0 atom stereocenters. The van der Waals surface area contributed by atoms with E-state index in [1.54, 1.807) is 31.3 Å². The van der Waals surface area contributed by atoms with E-state index in [0.717, 1.165) is 5.69 Å². The van der Waals surface area contributed by atoms with Crippen LogP contribution < -0.4 is 11.1 Å². The van der Waals surface area contributed by atoms with Crippen molar-refractivity contribution in [2.45, 2.75) is 13.5 Å². The van der Waals surface area contributed by atoms with Gasteiger partial charge in [0, 0.05) is 6.20 Å². The van der Waals surface area contributed by atoms with Crippen molar-refractivity contribution in [2.24, 2.45) is 0 Å². The van der Waals surface area contributed by atoms with Crippen LogP contribution >= 0.6 is 0 Å². The summed E-state index contributed by atoms with van der Waals surface area (Å²) in [6, 6.07) is 8.64. The summed E-state index contributed by atoms with van der Waals surface area (Å²) in [6.45, 7) is 2.58. The number of rotatable bonds is 5. The maximum absolute atomic E-state index is 11.7. The minimum atomic E-state index is -0.366.